The van der Waals surface area contributed by atoms with Crippen molar-refractivity contribution in [2.75, 3.05) is 57.0 Å². The number of aryl methyl sites for hydroxylation is 1. The number of carbonyl (C=O) groups is 1. The third kappa shape index (κ3) is 5.08. The fourth-order valence-corrected chi connectivity index (χ4v) is 4.92. The maximum atomic E-state index is 12.8. The third-order valence-electron chi connectivity index (χ3n) is 5.95. The Morgan fingerprint density at radius 1 is 1.03 bits per heavy atom. The summed E-state index contributed by atoms with van der Waals surface area (Å²) in [6.07, 6.45) is 0. The monoisotopic (exact) mass is 444 g/mol. The van der Waals surface area contributed by atoms with Crippen LogP contribution in [0.5, 0.6) is 0 Å². The van der Waals surface area contributed by atoms with Crippen molar-refractivity contribution in [3.8, 4) is 0 Å². The first-order valence-corrected chi connectivity index (χ1v) is 12.0. The number of rotatable bonds is 6. The van der Waals surface area contributed by atoms with Crippen molar-refractivity contribution in [2.45, 2.75) is 25.7 Å². The van der Waals surface area contributed by atoms with Gasteiger partial charge in [-0.2, -0.15) is 0 Å². The van der Waals surface area contributed by atoms with Crippen molar-refractivity contribution >= 4 is 27.3 Å². The van der Waals surface area contributed by atoms with E-state index >= 15 is 0 Å². The predicted molar refractivity (Wildman–Crippen MR) is 126 cm³/mol. The predicted octanol–water partition coefficient (Wildman–Crippen LogP) is 2.95. The molecule has 168 valence electrons. The summed E-state index contributed by atoms with van der Waals surface area (Å²) in [5.74, 6) is -0.331. The molecule has 2 aromatic rings. The van der Waals surface area contributed by atoms with Gasteiger partial charge in [-0.05, 0) is 67.9 Å². The minimum atomic E-state index is -3.64. The van der Waals surface area contributed by atoms with E-state index in [0.717, 1.165) is 48.3 Å². The molecule has 0 bridgehead atoms. The summed E-state index contributed by atoms with van der Waals surface area (Å²) in [5.41, 5.74) is 3.55. The lowest BCUT2D eigenvalue weighted by molar-refractivity contribution is 0.102. The third-order valence-corrected chi connectivity index (χ3v) is 7.89. The molecular weight excluding hydrogens is 412 g/mol. The van der Waals surface area contributed by atoms with Crippen molar-refractivity contribution in [3.05, 3.63) is 53.1 Å². The second-order valence-corrected chi connectivity index (χ2v) is 10.2. The quantitative estimate of drug-likeness (QED) is 0.742. The molecule has 3 rings (SSSR count). The number of carbonyl (C=O) groups excluding carboxylic acids is 1. The maximum Gasteiger partial charge on any atom is 0.255 e. The van der Waals surface area contributed by atoms with E-state index in [1.807, 2.05) is 31.2 Å². The van der Waals surface area contributed by atoms with Gasteiger partial charge in [0.25, 0.3) is 5.91 Å². The summed E-state index contributed by atoms with van der Waals surface area (Å²) < 4.78 is 26.5. The smallest absolute Gasteiger partial charge is 0.255 e. The summed E-state index contributed by atoms with van der Waals surface area (Å²) in [7, 11) is -0.665. The SMILES string of the molecule is CCN1CCN(c2ccc(NC(=O)c3cc(C)c(C)c(S(=O)(=O)N(C)C)c3)cc2)CC1. The van der Waals surface area contributed by atoms with Gasteiger partial charge < -0.3 is 15.1 Å². The largest absolute Gasteiger partial charge is 0.369 e. The van der Waals surface area contributed by atoms with E-state index in [9.17, 15) is 13.2 Å². The molecule has 0 aromatic heterocycles. The number of hydrogen-bond acceptors (Lipinski definition) is 5. The van der Waals surface area contributed by atoms with Crippen molar-refractivity contribution in [1.82, 2.24) is 9.21 Å². The lowest BCUT2D eigenvalue weighted by Crippen LogP contribution is -2.46. The minimum Gasteiger partial charge on any atom is -0.369 e. The Morgan fingerprint density at radius 3 is 2.19 bits per heavy atom. The minimum absolute atomic E-state index is 0.157. The molecule has 0 spiro atoms. The van der Waals surface area contributed by atoms with E-state index in [1.165, 1.54) is 20.2 Å². The maximum absolute atomic E-state index is 12.8. The molecule has 0 radical (unpaired) electrons. The molecular formula is C23H32N4O3S. The summed E-state index contributed by atoms with van der Waals surface area (Å²) in [6, 6.07) is 11.0. The summed E-state index contributed by atoms with van der Waals surface area (Å²) >= 11 is 0. The summed E-state index contributed by atoms with van der Waals surface area (Å²) in [6.45, 7) is 10.9. The molecule has 1 aliphatic rings. The average molecular weight is 445 g/mol. The molecule has 1 amide bonds. The highest BCUT2D eigenvalue weighted by Gasteiger charge is 2.23. The lowest BCUT2D eigenvalue weighted by atomic mass is 10.1. The van der Waals surface area contributed by atoms with Crippen molar-refractivity contribution in [3.63, 3.8) is 0 Å². The van der Waals surface area contributed by atoms with E-state index in [0.29, 0.717) is 16.8 Å². The lowest BCUT2D eigenvalue weighted by Gasteiger charge is -2.35. The normalized spacial score (nSPS) is 15.4. The number of piperazine rings is 1. The molecule has 31 heavy (non-hydrogen) atoms. The molecule has 0 unspecified atom stereocenters. The molecule has 1 saturated heterocycles. The van der Waals surface area contributed by atoms with Crippen LogP contribution in [-0.4, -0.2) is 70.3 Å². The standard InChI is InChI=1S/C23H32N4O3S/c1-6-26-11-13-27(14-12-26)21-9-7-20(8-10-21)24-23(28)19-15-17(2)18(3)22(16-19)31(29,30)25(4)5/h7-10,15-16H,6,11-14H2,1-5H3,(H,24,28). The second-order valence-electron chi connectivity index (χ2n) is 8.13. The van der Waals surface area contributed by atoms with Gasteiger partial charge in [-0.25, -0.2) is 12.7 Å². The number of sulfonamides is 1. The summed E-state index contributed by atoms with van der Waals surface area (Å²) in [4.78, 5) is 17.8. The molecule has 7 nitrogen and oxygen atoms in total. The van der Waals surface area contributed by atoms with Crippen LogP contribution in [0, 0.1) is 13.8 Å². The Hall–Kier alpha value is -2.42. The van der Waals surface area contributed by atoms with Gasteiger partial charge in [0.05, 0.1) is 4.90 Å². The molecule has 2 aromatic carbocycles. The van der Waals surface area contributed by atoms with Crippen molar-refractivity contribution in [1.29, 1.82) is 0 Å². The van der Waals surface area contributed by atoms with Gasteiger partial charge in [0.1, 0.15) is 0 Å². The fraction of sp³-hybridized carbons (Fsp3) is 0.435. The van der Waals surface area contributed by atoms with Gasteiger partial charge >= 0.3 is 0 Å². The number of nitrogens with zero attached hydrogens (tertiary/aromatic N) is 3. The molecule has 0 saturated carbocycles. The van der Waals surface area contributed by atoms with Crippen LogP contribution in [0.4, 0.5) is 11.4 Å². The van der Waals surface area contributed by atoms with Crippen LogP contribution in [-0.2, 0) is 10.0 Å². The van der Waals surface area contributed by atoms with E-state index < -0.39 is 10.0 Å². The molecule has 0 aliphatic carbocycles. The number of hydrogen-bond donors (Lipinski definition) is 1. The van der Waals surface area contributed by atoms with Crippen LogP contribution in [0.25, 0.3) is 0 Å². The van der Waals surface area contributed by atoms with E-state index in [1.54, 1.807) is 13.0 Å². The highest BCUT2D eigenvalue weighted by Crippen LogP contribution is 2.25. The van der Waals surface area contributed by atoms with Crippen LogP contribution in [0.3, 0.4) is 0 Å². The first-order valence-electron chi connectivity index (χ1n) is 10.6. The van der Waals surface area contributed by atoms with Gasteiger partial charge in [0.2, 0.25) is 10.0 Å². The molecule has 1 heterocycles. The van der Waals surface area contributed by atoms with Gasteiger partial charge in [-0.3, -0.25) is 4.79 Å². The molecule has 1 fully saturated rings. The highest BCUT2D eigenvalue weighted by atomic mass is 32.2. The van der Waals surface area contributed by atoms with Crippen molar-refractivity contribution in [2.24, 2.45) is 0 Å². The van der Waals surface area contributed by atoms with E-state index in [4.69, 9.17) is 0 Å². The molecule has 1 aliphatic heterocycles. The Morgan fingerprint density at radius 2 is 1.65 bits per heavy atom. The van der Waals surface area contributed by atoms with Gasteiger partial charge in [-0.1, -0.05) is 6.92 Å². The Kier molecular flexibility index (Phi) is 7.03. The zero-order valence-electron chi connectivity index (χ0n) is 19.0. The first-order chi connectivity index (χ1) is 14.6. The number of nitrogens with one attached hydrogen (secondary N) is 1. The Labute approximate surface area is 185 Å². The van der Waals surface area contributed by atoms with E-state index in [2.05, 4.69) is 22.0 Å². The van der Waals surface area contributed by atoms with Crippen LogP contribution in [0.2, 0.25) is 0 Å². The van der Waals surface area contributed by atoms with Gasteiger partial charge in [0, 0.05) is 57.2 Å². The molecule has 1 N–H and O–H groups in total. The molecule has 8 heteroatoms. The first kappa shape index (κ1) is 23.2. The number of benzene rings is 2. The topological polar surface area (TPSA) is 73.0 Å². The van der Waals surface area contributed by atoms with E-state index in [-0.39, 0.29) is 10.8 Å². The zero-order chi connectivity index (χ0) is 22.8. The van der Waals surface area contributed by atoms with Gasteiger partial charge in [-0.15, -0.1) is 0 Å². The van der Waals surface area contributed by atoms with Gasteiger partial charge in [0.15, 0.2) is 0 Å². The summed E-state index contributed by atoms with van der Waals surface area (Å²) in [5, 5.41) is 2.89. The number of likely N-dealkylation sites (N-methyl/N-ethyl adjacent to an activating group) is 1. The van der Waals surface area contributed by atoms with Crippen LogP contribution < -0.4 is 10.2 Å². The average Bonchev–Trinajstić information content (AvgIpc) is 2.75. The highest BCUT2D eigenvalue weighted by molar-refractivity contribution is 7.89. The fourth-order valence-electron chi connectivity index (χ4n) is 3.70. The molecule has 0 atom stereocenters. The zero-order valence-corrected chi connectivity index (χ0v) is 19.8. The number of anilines is 2. The Bertz CT molecular complexity index is 1040. The van der Waals surface area contributed by atoms with Crippen LogP contribution in [0.15, 0.2) is 41.3 Å². The van der Waals surface area contributed by atoms with Crippen LogP contribution in [0.1, 0.15) is 28.4 Å². The second kappa shape index (κ2) is 9.38. The Balaban J connectivity index is 1.75. The van der Waals surface area contributed by atoms with Crippen molar-refractivity contribution < 1.29 is 13.2 Å². The van der Waals surface area contributed by atoms with Crippen LogP contribution >= 0.6 is 0 Å². The number of amides is 1.